The number of nitrogens with zero attached hydrogens (tertiary/aromatic N) is 2. The second-order valence-corrected chi connectivity index (χ2v) is 9.95. The standard InChI is InChI=1S/C22H25N3O5S/c1-15-12-20(26)23-18-6-4-5-7-19(18)25(15)21(27)13-24(2)22(28)17-10-8-16(9-11-17)14-31(3,29)30/h4-11,15H,12-14H2,1-3H3,(H,23,26). The molecule has 3 amide bonds. The fraction of sp³-hybridized carbons (Fsp3) is 0.318. The molecule has 0 aromatic heterocycles. The molecule has 1 atom stereocenters. The summed E-state index contributed by atoms with van der Waals surface area (Å²) in [5.41, 5.74) is 2.09. The van der Waals surface area contributed by atoms with Crippen molar-refractivity contribution in [3.05, 3.63) is 59.7 Å². The number of hydrogen-bond acceptors (Lipinski definition) is 5. The maximum Gasteiger partial charge on any atom is 0.254 e. The van der Waals surface area contributed by atoms with Gasteiger partial charge in [-0.15, -0.1) is 0 Å². The topological polar surface area (TPSA) is 104 Å². The third-order valence-corrected chi connectivity index (χ3v) is 5.83. The highest BCUT2D eigenvalue weighted by Crippen LogP contribution is 2.31. The van der Waals surface area contributed by atoms with Gasteiger partial charge in [0.05, 0.1) is 17.1 Å². The van der Waals surface area contributed by atoms with E-state index in [0.717, 1.165) is 6.26 Å². The first-order chi connectivity index (χ1) is 14.5. The number of hydrogen-bond donors (Lipinski definition) is 1. The number of para-hydroxylation sites is 2. The van der Waals surface area contributed by atoms with E-state index in [1.165, 1.54) is 11.9 Å². The quantitative estimate of drug-likeness (QED) is 0.762. The summed E-state index contributed by atoms with van der Waals surface area (Å²) in [5, 5.41) is 2.80. The number of nitrogens with one attached hydrogen (secondary N) is 1. The number of carbonyl (C=O) groups is 3. The molecule has 31 heavy (non-hydrogen) atoms. The smallest absolute Gasteiger partial charge is 0.254 e. The Labute approximate surface area is 181 Å². The molecule has 2 aromatic carbocycles. The van der Waals surface area contributed by atoms with Crippen LogP contribution in [0, 0.1) is 0 Å². The van der Waals surface area contributed by atoms with Crippen LogP contribution < -0.4 is 10.2 Å². The van der Waals surface area contributed by atoms with E-state index >= 15 is 0 Å². The number of rotatable bonds is 5. The van der Waals surface area contributed by atoms with Crippen LogP contribution in [0.1, 0.15) is 29.3 Å². The summed E-state index contributed by atoms with van der Waals surface area (Å²) >= 11 is 0. The Hall–Kier alpha value is -3.20. The predicted octanol–water partition coefficient (Wildman–Crippen LogP) is 2.07. The fourth-order valence-corrected chi connectivity index (χ4v) is 4.38. The first-order valence-corrected chi connectivity index (χ1v) is 11.8. The highest BCUT2D eigenvalue weighted by Gasteiger charge is 2.30. The first-order valence-electron chi connectivity index (χ1n) is 9.78. The number of anilines is 2. The molecule has 0 bridgehead atoms. The molecule has 0 aliphatic carbocycles. The van der Waals surface area contributed by atoms with Crippen molar-refractivity contribution < 1.29 is 22.8 Å². The normalized spacial score (nSPS) is 16.2. The fourth-order valence-electron chi connectivity index (χ4n) is 3.59. The van der Waals surface area contributed by atoms with E-state index in [2.05, 4.69) is 5.32 Å². The number of fused-ring (bicyclic) bond motifs is 1. The summed E-state index contributed by atoms with van der Waals surface area (Å²) in [6, 6.07) is 13.0. The van der Waals surface area contributed by atoms with Gasteiger partial charge in [-0.25, -0.2) is 8.42 Å². The Bertz CT molecular complexity index is 1110. The van der Waals surface area contributed by atoms with E-state index in [4.69, 9.17) is 0 Å². The van der Waals surface area contributed by atoms with Gasteiger partial charge in [-0.3, -0.25) is 14.4 Å². The van der Waals surface area contributed by atoms with Crippen molar-refractivity contribution in [2.24, 2.45) is 0 Å². The third-order valence-electron chi connectivity index (χ3n) is 4.98. The van der Waals surface area contributed by atoms with Gasteiger partial charge in [0.15, 0.2) is 9.84 Å². The molecular formula is C22H25N3O5S. The zero-order valence-corrected chi connectivity index (χ0v) is 18.5. The molecule has 9 heteroatoms. The summed E-state index contributed by atoms with van der Waals surface area (Å²) in [6.45, 7) is 1.62. The minimum absolute atomic E-state index is 0.102. The van der Waals surface area contributed by atoms with E-state index in [0.29, 0.717) is 22.5 Å². The van der Waals surface area contributed by atoms with E-state index in [1.54, 1.807) is 60.4 Å². The Morgan fingerprint density at radius 2 is 1.77 bits per heavy atom. The Morgan fingerprint density at radius 1 is 1.13 bits per heavy atom. The zero-order chi connectivity index (χ0) is 22.8. The number of likely N-dealkylation sites (N-methyl/N-ethyl adjacent to an activating group) is 1. The van der Waals surface area contributed by atoms with Crippen LogP contribution in [0.2, 0.25) is 0 Å². The average molecular weight is 444 g/mol. The minimum Gasteiger partial charge on any atom is -0.332 e. The Morgan fingerprint density at radius 3 is 2.42 bits per heavy atom. The first kappa shape index (κ1) is 22.5. The number of benzene rings is 2. The van der Waals surface area contributed by atoms with Gasteiger partial charge < -0.3 is 15.1 Å². The molecule has 0 spiro atoms. The van der Waals surface area contributed by atoms with Crippen LogP contribution in [-0.4, -0.2) is 56.9 Å². The monoisotopic (exact) mass is 443 g/mol. The molecule has 1 heterocycles. The van der Waals surface area contributed by atoms with Gasteiger partial charge in [0.25, 0.3) is 5.91 Å². The van der Waals surface area contributed by atoms with Crippen LogP contribution in [-0.2, 0) is 25.2 Å². The van der Waals surface area contributed by atoms with Gasteiger partial charge in [-0.1, -0.05) is 24.3 Å². The highest BCUT2D eigenvalue weighted by atomic mass is 32.2. The largest absolute Gasteiger partial charge is 0.332 e. The van der Waals surface area contributed by atoms with E-state index in [1.807, 2.05) is 0 Å². The van der Waals surface area contributed by atoms with Crippen molar-refractivity contribution in [2.75, 3.05) is 30.1 Å². The lowest BCUT2D eigenvalue weighted by atomic mass is 10.1. The lowest BCUT2D eigenvalue weighted by Crippen LogP contribution is -2.45. The minimum atomic E-state index is -3.17. The summed E-state index contributed by atoms with van der Waals surface area (Å²) in [6.07, 6.45) is 1.30. The molecule has 164 valence electrons. The van der Waals surface area contributed by atoms with Crippen LogP contribution in [0.25, 0.3) is 0 Å². The second-order valence-electron chi connectivity index (χ2n) is 7.81. The van der Waals surface area contributed by atoms with Crippen molar-refractivity contribution in [2.45, 2.75) is 25.1 Å². The van der Waals surface area contributed by atoms with E-state index in [9.17, 15) is 22.8 Å². The molecular weight excluding hydrogens is 418 g/mol. The van der Waals surface area contributed by atoms with E-state index < -0.39 is 9.84 Å². The van der Waals surface area contributed by atoms with Gasteiger partial charge in [0.2, 0.25) is 11.8 Å². The van der Waals surface area contributed by atoms with Crippen LogP contribution in [0.15, 0.2) is 48.5 Å². The Balaban J connectivity index is 1.75. The van der Waals surface area contributed by atoms with Crippen LogP contribution in [0.4, 0.5) is 11.4 Å². The number of carbonyl (C=O) groups excluding carboxylic acids is 3. The van der Waals surface area contributed by atoms with Crippen molar-refractivity contribution in [3.8, 4) is 0 Å². The molecule has 0 saturated heterocycles. The molecule has 2 aromatic rings. The van der Waals surface area contributed by atoms with Gasteiger partial charge in [-0.05, 0) is 36.8 Å². The molecule has 0 fully saturated rings. The lowest BCUT2D eigenvalue weighted by Gasteiger charge is -2.29. The third kappa shape index (κ3) is 5.49. The maximum atomic E-state index is 13.1. The van der Waals surface area contributed by atoms with Crippen LogP contribution in [0.5, 0.6) is 0 Å². The van der Waals surface area contributed by atoms with Crippen LogP contribution in [0.3, 0.4) is 0 Å². The van der Waals surface area contributed by atoms with Crippen molar-refractivity contribution in [3.63, 3.8) is 0 Å². The molecule has 0 radical (unpaired) electrons. The summed E-state index contributed by atoms with van der Waals surface area (Å²) in [7, 11) is -1.64. The summed E-state index contributed by atoms with van der Waals surface area (Å²) < 4.78 is 22.8. The molecule has 0 saturated carbocycles. The second kappa shape index (κ2) is 8.89. The summed E-state index contributed by atoms with van der Waals surface area (Å²) in [4.78, 5) is 40.9. The molecule has 1 N–H and O–H groups in total. The Kier molecular flexibility index (Phi) is 6.45. The molecule has 1 aliphatic rings. The van der Waals surface area contributed by atoms with Gasteiger partial charge in [-0.2, -0.15) is 0 Å². The van der Waals surface area contributed by atoms with Crippen LogP contribution >= 0.6 is 0 Å². The molecule has 1 unspecified atom stereocenters. The SMILES string of the molecule is CC1CC(=O)Nc2ccccc2N1C(=O)CN(C)C(=O)c1ccc(CS(C)(=O)=O)cc1. The predicted molar refractivity (Wildman–Crippen MR) is 119 cm³/mol. The molecule has 1 aliphatic heterocycles. The lowest BCUT2D eigenvalue weighted by molar-refractivity contribution is -0.119. The van der Waals surface area contributed by atoms with Crippen molar-refractivity contribution >= 4 is 38.9 Å². The number of sulfone groups is 1. The van der Waals surface area contributed by atoms with E-state index in [-0.39, 0.29) is 42.5 Å². The maximum absolute atomic E-state index is 13.1. The molecule has 3 rings (SSSR count). The van der Waals surface area contributed by atoms with Crippen molar-refractivity contribution in [1.82, 2.24) is 4.90 Å². The van der Waals surface area contributed by atoms with Crippen molar-refractivity contribution in [1.29, 1.82) is 0 Å². The van der Waals surface area contributed by atoms with Gasteiger partial charge in [0.1, 0.15) is 6.54 Å². The molecule has 8 nitrogen and oxygen atoms in total. The summed E-state index contributed by atoms with van der Waals surface area (Å²) in [5.74, 6) is -0.937. The van der Waals surface area contributed by atoms with Gasteiger partial charge in [0, 0.05) is 31.3 Å². The zero-order valence-electron chi connectivity index (χ0n) is 17.7. The number of amides is 3. The highest BCUT2D eigenvalue weighted by molar-refractivity contribution is 7.89. The van der Waals surface area contributed by atoms with Gasteiger partial charge >= 0.3 is 0 Å². The average Bonchev–Trinajstić information content (AvgIpc) is 2.80.